The molecule has 7 heteroatoms. The van der Waals surface area contributed by atoms with E-state index in [-0.39, 0.29) is 24.2 Å². The first-order valence-electron chi connectivity index (χ1n) is 5.56. The molecule has 3 nitrogen and oxygen atoms in total. The third kappa shape index (κ3) is 5.57. The summed E-state index contributed by atoms with van der Waals surface area (Å²) >= 11 is 0. The third-order valence-electron chi connectivity index (χ3n) is 2.44. The Bertz CT molecular complexity index is 399. The van der Waals surface area contributed by atoms with Crippen LogP contribution >= 0.6 is 12.4 Å². The molecule has 0 saturated carbocycles. The number of hydrogen-bond donors (Lipinski definition) is 1. The Hall–Kier alpha value is -1.14. The highest BCUT2D eigenvalue weighted by molar-refractivity contribution is 5.85. The van der Waals surface area contributed by atoms with Crippen LogP contribution < -0.4 is 15.2 Å². The van der Waals surface area contributed by atoms with Crippen molar-refractivity contribution in [2.75, 3.05) is 7.11 Å². The van der Waals surface area contributed by atoms with Crippen LogP contribution in [0.5, 0.6) is 11.5 Å². The second-order valence-corrected chi connectivity index (χ2v) is 3.85. The molecular formula is C12H17ClF3NO2. The Labute approximate surface area is 116 Å². The van der Waals surface area contributed by atoms with Crippen molar-refractivity contribution in [1.29, 1.82) is 0 Å². The monoisotopic (exact) mass is 299 g/mol. The lowest BCUT2D eigenvalue weighted by molar-refractivity contribution is -0.274. The second kappa shape index (κ2) is 7.45. The van der Waals surface area contributed by atoms with Gasteiger partial charge in [-0.05, 0) is 12.5 Å². The Balaban J connectivity index is 0.00000324. The number of halogens is 4. The van der Waals surface area contributed by atoms with Crippen molar-refractivity contribution in [2.45, 2.75) is 32.2 Å². The summed E-state index contributed by atoms with van der Waals surface area (Å²) < 4.78 is 45.1. The molecule has 0 spiro atoms. The first kappa shape index (κ1) is 17.9. The van der Waals surface area contributed by atoms with Crippen LogP contribution in [0.15, 0.2) is 18.2 Å². The molecule has 1 atom stereocenters. The standard InChI is InChI=1S/C12H16F3NO2.ClH/c1-3-4-10(16)9-6-5-8(7-11(9)17-2)18-12(13,14)15;/h5-7,10H,3-4,16H2,1-2H3;1H/t10-;/m0./s1. The minimum Gasteiger partial charge on any atom is -0.496 e. The molecule has 2 N–H and O–H groups in total. The Morgan fingerprint density at radius 3 is 2.42 bits per heavy atom. The molecule has 0 fully saturated rings. The lowest BCUT2D eigenvalue weighted by atomic mass is 10.0. The molecule has 19 heavy (non-hydrogen) atoms. The van der Waals surface area contributed by atoms with Gasteiger partial charge in [0.05, 0.1) is 7.11 Å². The van der Waals surface area contributed by atoms with Gasteiger partial charge in [-0.1, -0.05) is 19.4 Å². The molecule has 110 valence electrons. The normalized spacial score (nSPS) is 12.5. The molecule has 0 heterocycles. The molecule has 0 aromatic heterocycles. The fraction of sp³-hybridized carbons (Fsp3) is 0.500. The predicted molar refractivity (Wildman–Crippen MR) is 68.8 cm³/mol. The predicted octanol–water partition coefficient (Wildman–Crippen LogP) is 3.82. The summed E-state index contributed by atoms with van der Waals surface area (Å²) in [5, 5.41) is 0. The molecule has 0 amide bonds. The zero-order chi connectivity index (χ0) is 13.8. The van der Waals surface area contributed by atoms with E-state index in [1.165, 1.54) is 25.3 Å². The zero-order valence-corrected chi connectivity index (χ0v) is 11.5. The Morgan fingerprint density at radius 1 is 1.32 bits per heavy atom. The summed E-state index contributed by atoms with van der Waals surface area (Å²) in [5.41, 5.74) is 6.59. The molecule has 0 saturated heterocycles. The van der Waals surface area contributed by atoms with Crippen LogP contribution in [0.4, 0.5) is 13.2 Å². The van der Waals surface area contributed by atoms with Crippen LogP contribution in [0.25, 0.3) is 0 Å². The fourth-order valence-corrected chi connectivity index (χ4v) is 1.66. The quantitative estimate of drug-likeness (QED) is 0.899. The maximum absolute atomic E-state index is 12.1. The molecule has 0 aliphatic heterocycles. The van der Waals surface area contributed by atoms with Gasteiger partial charge in [0, 0.05) is 17.7 Å². The summed E-state index contributed by atoms with van der Waals surface area (Å²) in [6.45, 7) is 1.98. The molecular weight excluding hydrogens is 283 g/mol. The van der Waals surface area contributed by atoms with E-state index in [9.17, 15) is 13.2 Å². The van der Waals surface area contributed by atoms with E-state index in [1.54, 1.807) is 0 Å². The molecule has 0 radical (unpaired) electrons. The molecule has 0 aliphatic rings. The highest BCUT2D eigenvalue weighted by Gasteiger charge is 2.31. The van der Waals surface area contributed by atoms with Gasteiger partial charge in [-0.3, -0.25) is 0 Å². The van der Waals surface area contributed by atoms with Crippen LogP contribution in [0.1, 0.15) is 31.4 Å². The average molecular weight is 300 g/mol. The van der Waals surface area contributed by atoms with E-state index in [1.807, 2.05) is 6.92 Å². The van der Waals surface area contributed by atoms with E-state index in [2.05, 4.69) is 4.74 Å². The molecule has 1 aromatic rings. The van der Waals surface area contributed by atoms with Crippen LogP contribution in [-0.2, 0) is 0 Å². The number of hydrogen-bond acceptors (Lipinski definition) is 3. The number of nitrogens with two attached hydrogens (primary N) is 1. The third-order valence-corrected chi connectivity index (χ3v) is 2.44. The van der Waals surface area contributed by atoms with Crippen LogP contribution in [0.2, 0.25) is 0 Å². The van der Waals surface area contributed by atoms with Gasteiger partial charge in [0.2, 0.25) is 0 Å². The summed E-state index contributed by atoms with van der Waals surface area (Å²) in [6, 6.07) is 3.67. The van der Waals surface area contributed by atoms with Gasteiger partial charge in [-0.15, -0.1) is 25.6 Å². The highest BCUT2D eigenvalue weighted by Crippen LogP contribution is 2.32. The fourth-order valence-electron chi connectivity index (χ4n) is 1.66. The van der Waals surface area contributed by atoms with Crippen LogP contribution in [0, 0.1) is 0 Å². The van der Waals surface area contributed by atoms with Crippen molar-refractivity contribution >= 4 is 12.4 Å². The second-order valence-electron chi connectivity index (χ2n) is 3.85. The molecule has 1 rings (SSSR count). The van der Waals surface area contributed by atoms with E-state index in [0.29, 0.717) is 11.3 Å². The van der Waals surface area contributed by atoms with Crippen molar-refractivity contribution in [3.05, 3.63) is 23.8 Å². The Kier molecular flexibility index (Phi) is 7.00. The van der Waals surface area contributed by atoms with Crippen molar-refractivity contribution in [1.82, 2.24) is 0 Å². The van der Waals surface area contributed by atoms with E-state index in [0.717, 1.165) is 12.8 Å². The first-order chi connectivity index (χ1) is 8.37. The van der Waals surface area contributed by atoms with Gasteiger partial charge in [-0.25, -0.2) is 0 Å². The van der Waals surface area contributed by atoms with Gasteiger partial charge >= 0.3 is 6.36 Å². The van der Waals surface area contributed by atoms with Gasteiger partial charge < -0.3 is 15.2 Å². The van der Waals surface area contributed by atoms with Gasteiger partial charge in [-0.2, -0.15) is 0 Å². The topological polar surface area (TPSA) is 44.5 Å². The number of ether oxygens (including phenoxy) is 2. The van der Waals surface area contributed by atoms with Crippen molar-refractivity contribution in [3.8, 4) is 11.5 Å². The van der Waals surface area contributed by atoms with Crippen molar-refractivity contribution in [2.24, 2.45) is 5.73 Å². The van der Waals surface area contributed by atoms with Crippen molar-refractivity contribution < 1.29 is 22.6 Å². The lowest BCUT2D eigenvalue weighted by Gasteiger charge is -2.16. The molecule has 0 unspecified atom stereocenters. The van der Waals surface area contributed by atoms with Gasteiger partial charge in [0.15, 0.2) is 0 Å². The minimum absolute atomic E-state index is 0. The van der Waals surface area contributed by atoms with Gasteiger partial charge in [0.1, 0.15) is 11.5 Å². The van der Waals surface area contributed by atoms with Crippen LogP contribution in [0.3, 0.4) is 0 Å². The zero-order valence-electron chi connectivity index (χ0n) is 10.7. The van der Waals surface area contributed by atoms with Crippen LogP contribution in [-0.4, -0.2) is 13.5 Å². The Morgan fingerprint density at radius 2 is 1.95 bits per heavy atom. The molecule has 0 bridgehead atoms. The maximum Gasteiger partial charge on any atom is 0.573 e. The highest BCUT2D eigenvalue weighted by atomic mass is 35.5. The summed E-state index contributed by atoms with van der Waals surface area (Å²) in [5.74, 6) is -0.00972. The molecule has 1 aromatic carbocycles. The number of rotatable bonds is 5. The first-order valence-corrected chi connectivity index (χ1v) is 5.56. The largest absolute Gasteiger partial charge is 0.573 e. The maximum atomic E-state index is 12.1. The van der Waals surface area contributed by atoms with E-state index >= 15 is 0 Å². The SMILES string of the molecule is CCC[C@H](N)c1ccc(OC(F)(F)F)cc1OC.Cl. The summed E-state index contributed by atoms with van der Waals surface area (Å²) in [4.78, 5) is 0. The minimum atomic E-state index is -4.71. The average Bonchev–Trinajstić information content (AvgIpc) is 2.27. The smallest absolute Gasteiger partial charge is 0.496 e. The molecule has 0 aliphatic carbocycles. The summed E-state index contributed by atoms with van der Waals surface area (Å²) in [6.07, 6.45) is -3.10. The number of benzene rings is 1. The lowest BCUT2D eigenvalue weighted by Crippen LogP contribution is -2.17. The summed E-state index contributed by atoms with van der Waals surface area (Å²) in [7, 11) is 1.38. The number of methoxy groups -OCH3 is 1. The number of alkyl halides is 3. The van der Waals surface area contributed by atoms with Crippen molar-refractivity contribution in [3.63, 3.8) is 0 Å². The van der Waals surface area contributed by atoms with Gasteiger partial charge in [0.25, 0.3) is 0 Å². The van der Waals surface area contributed by atoms with E-state index < -0.39 is 6.36 Å². The van der Waals surface area contributed by atoms with E-state index in [4.69, 9.17) is 10.5 Å².